The van der Waals surface area contributed by atoms with Crippen molar-refractivity contribution in [2.24, 2.45) is 5.41 Å². The molecule has 2 aromatic carbocycles. The number of alkyl carbamates (subject to hydrolysis) is 1. The molecule has 1 fully saturated rings. The largest absolute Gasteiger partial charge is 0.481 e. The van der Waals surface area contributed by atoms with Gasteiger partial charge in [0.15, 0.2) is 0 Å². The van der Waals surface area contributed by atoms with Gasteiger partial charge in [0.25, 0.3) is 5.92 Å². The van der Waals surface area contributed by atoms with Crippen LogP contribution >= 0.6 is 0 Å². The minimum absolute atomic E-state index is 0.0560. The van der Waals surface area contributed by atoms with Crippen LogP contribution in [0, 0.1) is 5.41 Å². The highest BCUT2D eigenvalue weighted by Gasteiger charge is 2.70. The van der Waals surface area contributed by atoms with Crippen LogP contribution in [-0.4, -0.2) is 36.2 Å². The molecule has 1 amide bonds. The molecule has 0 radical (unpaired) electrons. The molecular formula is C22H21F2NO4. The molecule has 5 nitrogen and oxygen atoms in total. The molecule has 2 aromatic rings. The quantitative estimate of drug-likeness (QED) is 0.720. The van der Waals surface area contributed by atoms with Gasteiger partial charge in [0.2, 0.25) is 0 Å². The summed E-state index contributed by atoms with van der Waals surface area (Å²) in [5.41, 5.74) is 2.83. The van der Waals surface area contributed by atoms with Crippen molar-refractivity contribution in [3.05, 3.63) is 59.7 Å². The maximum Gasteiger partial charge on any atom is 0.407 e. The summed E-state index contributed by atoms with van der Waals surface area (Å²) in [7, 11) is 0. The van der Waals surface area contributed by atoms with Crippen LogP contribution in [-0.2, 0) is 9.53 Å². The Labute approximate surface area is 166 Å². The smallest absolute Gasteiger partial charge is 0.407 e. The van der Waals surface area contributed by atoms with Gasteiger partial charge in [0, 0.05) is 18.9 Å². The molecule has 7 heteroatoms. The van der Waals surface area contributed by atoms with E-state index in [0.29, 0.717) is 0 Å². The van der Waals surface area contributed by atoms with Crippen LogP contribution in [0.3, 0.4) is 0 Å². The van der Waals surface area contributed by atoms with E-state index < -0.39 is 36.2 Å². The van der Waals surface area contributed by atoms with Crippen molar-refractivity contribution in [3.8, 4) is 11.1 Å². The molecule has 0 bridgehead atoms. The number of nitrogens with one attached hydrogen (secondary N) is 1. The van der Waals surface area contributed by atoms with E-state index in [1.54, 1.807) is 0 Å². The van der Waals surface area contributed by atoms with Crippen molar-refractivity contribution in [2.75, 3.05) is 13.2 Å². The summed E-state index contributed by atoms with van der Waals surface area (Å²) in [6.07, 6.45) is -1.86. The van der Waals surface area contributed by atoms with E-state index in [0.717, 1.165) is 22.3 Å². The summed E-state index contributed by atoms with van der Waals surface area (Å²) >= 11 is 0. The Morgan fingerprint density at radius 2 is 1.62 bits per heavy atom. The summed E-state index contributed by atoms with van der Waals surface area (Å²) in [4.78, 5) is 22.9. The number of alkyl halides is 2. The van der Waals surface area contributed by atoms with Crippen LogP contribution < -0.4 is 5.32 Å². The zero-order chi connectivity index (χ0) is 20.6. The van der Waals surface area contributed by atoms with Crippen molar-refractivity contribution < 1.29 is 28.2 Å². The number of hydrogen-bond acceptors (Lipinski definition) is 3. The monoisotopic (exact) mass is 401 g/mol. The molecule has 152 valence electrons. The normalized spacial score (nSPS) is 21.2. The first-order chi connectivity index (χ1) is 13.8. The first kappa shape index (κ1) is 19.4. The number of aliphatic carboxylic acids is 1. The minimum atomic E-state index is -2.99. The second-order valence-corrected chi connectivity index (χ2v) is 7.73. The predicted octanol–water partition coefficient (Wildman–Crippen LogP) is 4.42. The number of rotatable bonds is 7. The standard InChI is InChI=1S/C22H21F2NO4/c23-22(24)13-21(22,11-19(26)27)9-10-25-20(28)29-12-18-16-7-3-1-5-14(16)15-6-2-4-8-17(15)18/h1-8,18H,9-13H2,(H,25,28)(H,26,27). The van der Waals surface area contributed by atoms with Crippen LogP contribution in [0.2, 0.25) is 0 Å². The lowest BCUT2D eigenvalue weighted by Crippen LogP contribution is -2.30. The van der Waals surface area contributed by atoms with Gasteiger partial charge in [-0.25, -0.2) is 13.6 Å². The number of carbonyl (C=O) groups excluding carboxylic acids is 1. The summed E-state index contributed by atoms with van der Waals surface area (Å²) in [5.74, 6) is -4.34. The molecule has 2 aliphatic rings. The Morgan fingerprint density at radius 1 is 1.07 bits per heavy atom. The van der Waals surface area contributed by atoms with Crippen molar-refractivity contribution in [3.63, 3.8) is 0 Å². The van der Waals surface area contributed by atoms with Crippen molar-refractivity contribution in [1.82, 2.24) is 5.32 Å². The third-order valence-electron chi connectivity index (χ3n) is 5.92. The molecule has 0 aromatic heterocycles. The van der Waals surface area contributed by atoms with Crippen LogP contribution in [0.4, 0.5) is 13.6 Å². The molecule has 4 rings (SSSR count). The molecular weight excluding hydrogens is 380 g/mol. The Hall–Kier alpha value is -2.96. The fourth-order valence-corrected chi connectivity index (χ4v) is 4.28. The van der Waals surface area contributed by atoms with Gasteiger partial charge in [-0.3, -0.25) is 4.79 Å². The van der Waals surface area contributed by atoms with Crippen LogP contribution in [0.1, 0.15) is 36.3 Å². The number of ether oxygens (including phenoxy) is 1. The second kappa shape index (κ2) is 7.13. The summed E-state index contributed by atoms with van der Waals surface area (Å²) < 4.78 is 32.5. The number of carbonyl (C=O) groups is 2. The van der Waals surface area contributed by atoms with E-state index in [1.807, 2.05) is 48.5 Å². The first-order valence-corrected chi connectivity index (χ1v) is 9.51. The van der Waals surface area contributed by atoms with Gasteiger partial charge in [-0.2, -0.15) is 0 Å². The van der Waals surface area contributed by atoms with Crippen molar-refractivity contribution in [2.45, 2.75) is 31.1 Å². The molecule has 2 N–H and O–H groups in total. The second-order valence-electron chi connectivity index (χ2n) is 7.73. The third kappa shape index (κ3) is 3.57. The zero-order valence-electron chi connectivity index (χ0n) is 15.7. The minimum Gasteiger partial charge on any atom is -0.481 e. The summed E-state index contributed by atoms with van der Waals surface area (Å²) in [5, 5.41) is 11.3. The fourth-order valence-electron chi connectivity index (χ4n) is 4.28. The lowest BCUT2D eigenvalue weighted by atomic mass is 9.97. The zero-order valence-corrected chi connectivity index (χ0v) is 15.7. The van der Waals surface area contributed by atoms with Crippen molar-refractivity contribution >= 4 is 12.1 Å². The summed E-state index contributed by atoms with van der Waals surface area (Å²) in [6, 6.07) is 15.9. The molecule has 0 heterocycles. The molecule has 2 aliphatic carbocycles. The van der Waals surface area contributed by atoms with E-state index in [9.17, 15) is 18.4 Å². The fraction of sp³-hybridized carbons (Fsp3) is 0.364. The molecule has 0 saturated heterocycles. The number of amides is 1. The average Bonchev–Trinajstić information content (AvgIpc) is 3.05. The number of fused-ring (bicyclic) bond motifs is 3. The van der Waals surface area contributed by atoms with Gasteiger partial charge in [0.1, 0.15) is 6.61 Å². The van der Waals surface area contributed by atoms with Crippen molar-refractivity contribution in [1.29, 1.82) is 0 Å². The lowest BCUT2D eigenvalue weighted by molar-refractivity contribution is -0.139. The molecule has 0 spiro atoms. The van der Waals surface area contributed by atoms with E-state index in [-0.39, 0.29) is 25.5 Å². The number of halogens is 2. The van der Waals surface area contributed by atoms with E-state index in [1.165, 1.54) is 0 Å². The van der Waals surface area contributed by atoms with Gasteiger partial charge in [-0.15, -0.1) is 0 Å². The maximum absolute atomic E-state index is 13.6. The highest BCUT2D eigenvalue weighted by molar-refractivity contribution is 5.79. The van der Waals surface area contributed by atoms with Crippen LogP contribution in [0.5, 0.6) is 0 Å². The molecule has 1 atom stereocenters. The molecule has 0 aliphatic heterocycles. The molecule has 1 saturated carbocycles. The highest BCUT2D eigenvalue weighted by Crippen LogP contribution is 2.64. The topological polar surface area (TPSA) is 75.6 Å². The average molecular weight is 401 g/mol. The van der Waals surface area contributed by atoms with E-state index in [2.05, 4.69) is 5.32 Å². The Bertz CT molecular complexity index is 916. The van der Waals surface area contributed by atoms with Gasteiger partial charge < -0.3 is 15.2 Å². The summed E-state index contributed by atoms with van der Waals surface area (Å²) in [6.45, 7) is 0.0792. The number of benzene rings is 2. The molecule has 1 unspecified atom stereocenters. The number of carboxylic acid groups (broad SMARTS) is 1. The van der Waals surface area contributed by atoms with Crippen LogP contribution in [0.15, 0.2) is 48.5 Å². The number of carboxylic acids is 1. The Balaban J connectivity index is 1.33. The SMILES string of the molecule is O=C(O)CC1(CCNC(=O)OCC2c3ccccc3-c3ccccc32)CC1(F)F. The van der Waals surface area contributed by atoms with E-state index in [4.69, 9.17) is 9.84 Å². The Kier molecular flexibility index (Phi) is 4.76. The van der Waals surface area contributed by atoms with Gasteiger partial charge >= 0.3 is 12.1 Å². The Morgan fingerprint density at radius 3 is 2.14 bits per heavy atom. The first-order valence-electron chi connectivity index (χ1n) is 9.51. The van der Waals surface area contributed by atoms with Gasteiger partial charge in [0.05, 0.1) is 11.8 Å². The van der Waals surface area contributed by atoms with Gasteiger partial charge in [-0.1, -0.05) is 48.5 Å². The number of hydrogen-bond donors (Lipinski definition) is 2. The van der Waals surface area contributed by atoms with Gasteiger partial charge in [-0.05, 0) is 28.7 Å². The predicted molar refractivity (Wildman–Crippen MR) is 102 cm³/mol. The van der Waals surface area contributed by atoms with E-state index >= 15 is 0 Å². The van der Waals surface area contributed by atoms with Crippen LogP contribution in [0.25, 0.3) is 11.1 Å². The third-order valence-corrected chi connectivity index (χ3v) is 5.92. The maximum atomic E-state index is 13.6. The highest BCUT2D eigenvalue weighted by atomic mass is 19.3. The lowest BCUT2D eigenvalue weighted by Gasteiger charge is -2.16. The molecule has 29 heavy (non-hydrogen) atoms.